The fourth-order valence-corrected chi connectivity index (χ4v) is 2.65. The van der Waals surface area contributed by atoms with Crippen molar-refractivity contribution in [2.75, 3.05) is 0 Å². The van der Waals surface area contributed by atoms with Gasteiger partial charge in [-0.2, -0.15) is 13.2 Å². The van der Waals surface area contributed by atoms with Crippen LogP contribution in [-0.4, -0.2) is 0 Å². The van der Waals surface area contributed by atoms with Gasteiger partial charge < -0.3 is 0 Å². The van der Waals surface area contributed by atoms with Crippen molar-refractivity contribution in [2.45, 2.75) is 6.18 Å². The van der Waals surface area contributed by atoms with Crippen LogP contribution in [0.3, 0.4) is 0 Å². The first kappa shape index (κ1) is 15.8. The van der Waals surface area contributed by atoms with E-state index in [1.807, 2.05) is 0 Å². The molecule has 0 aliphatic heterocycles. The summed E-state index contributed by atoms with van der Waals surface area (Å²) < 4.78 is 37.7. The van der Waals surface area contributed by atoms with Gasteiger partial charge in [0.15, 0.2) is 0 Å². The van der Waals surface area contributed by atoms with Crippen LogP contribution in [0.2, 0.25) is 20.1 Å². The predicted molar refractivity (Wildman–Crippen MR) is 76.9 cm³/mol. The second kappa shape index (κ2) is 5.64. The standard InChI is InChI=1S/C13H5Cl4F3/c14-7-4-9(12(17)11(16)5-7)8-2-1-6(3-10(8)15)13(18,19)20/h1-5H. The normalized spacial score (nSPS) is 11.8. The summed E-state index contributed by atoms with van der Waals surface area (Å²) in [6.45, 7) is 0. The number of rotatable bonds is 1. The Labute approximate surface area is 133 Å². The molecule has 2 aromatic rings. The molecule has 0 fully saturated rings. The Kier molecular flexibility index (Phi) is 4.45. The third-order valence-corrected chi connectivity index (χ3v) is 3.91. The van der Waals surface area contributed by atoms with Crippen LogP contribution in [0.4, 0.5) is 13.2 Å². The molecule has 0 atom stereocenters. The number of halogens is 7. The Morgan fingerprint density at radius 3 is 1.95 bits per heavy atom. The van der Waals surface area contributed by atoms with Gasteiger partial charge in [0.2, 0.25) is 0 Å². The lowest BCUT2D eigenvalue weighted by Crippen LogP contribution is -2.04. The zero-order chi connectivity index (χ0) is 15.1. The Hall–Kier alpha value is -0.610. The van der Waals surface area contributed by atoms with Crippen LogP contribution in [0.5, 0.6) is 0 Å². The molecule has 0 nitrogen and oxygen atoms in total. The van der Waals surface area contributed by atoms with Crippen LogP contribution in [0.25, 0.3) is 11.1 Å². The second-order valence-corrected chi connectivity index (χ2v) is 5.57. The molecule has 0 saturated carbocycles. The zero-order valence-electron chi connectivity index (χ0n) is 9.53. The molecule has 0 aromatic heterocycles. The highest BCUT2D eigenvalue weighted by Crippen LogP contribution is 2.41. The minimum Gasteiger partial charge on any atom is -0.166 e. The van der Waals surface area contributed by atoms with E-state index in [0.29, 0.717) is 16.1 Å². The highest BCUT2D eigenvalue weighted by Gasteiger charge is 2.31. The molecular formula is C13H5Cl4F3. The minimum absolute atomic E-state index is 0.0833. The average Bonchev–Trinajstić information content (AvgIpc) is 2.33. The lowest BCUT2D eigenvalue weighted by molar-refractivity contribution is -0.137. The van der Waals surface area contributed by atoms with Crippen molar-refractivity contribution in [1.82, 2.24) is 0 Å². The molecule has 0 spiro atoms. The largest absolute Gasteiger partial charge is 0.416 e. The summed E-state index contributed by atoms with van der Waals surface area (Å²) in [6.07, 6.45) is -4.46. The van der Waals surface area contributed by atoms with Crippen LogP contribution in [-0.2, 0) is 6.18 Å². The van der Waals surface area contributed by atoms with E-state index in [0.717, 1.165) is 12.1 Å². The van der Waals surface area contributed by atoms with Crippen molar-refractivity contribution in [1.29, 1.82) is 0 Å². The lowest BCUT2D eigenvalue weighted by atomic mass is 10.0. The van der Waals surface area contributed by atoms with Gasteiger partial charge in [-0.25, -0.2) is 0 Å². The number of hydrogen-bond acceptors (Lipinski definition) is 0. The maximum absolute atomic E-state index is 12.6. The summed E-state index contributed by atoms with van der Waals surface area (Å²) >= 11 is 23.7. The van der Waals surface area contributed by atoms with Gasteiger partial charge in [-0.1, -0.05) is 52.5 Å². The van der Waals surface area contributed by atoms with E-state index < -0.39 is 11.7 Å². The summed E-state index contributed by atoms with van der Waals surface area (Å²) in [5.74, 6) is 0. The fourth-order valence-electron chi connectivity index (χ4n) is 1.66. The summed E-state index contributed by atoms with van der Waals surface area (Å²) in [6, 6.07) is 5.92. The topological polar surface area (TPSA) is 0 Å². The molecule has 0 aliphatic carbocycles. The van der Waals surface area contributed by atoms with Crippen LogP contribution in [0.1, 0.15) is 5.56 Å². The zero-order valence-corrected chi connectivity index (χ0v) is 12.6. The van der Waals surface area contributed by atoms with E-state index in [1.165, 1.54) is 18.2 Å². The minimum atomic E-state index is -4.46. The number of alkyl halides is 3. The molecule has 0 bridgehead atoms. The molecule has 0 radical (unpaired) electrons. The summed E-state index contributed by atoms with van der Waals surface area (Å²) in [5.41, 5.74) is -0.132. The molecule has 0 unspecified atom stereocenters. The van der Waals surface area contributed by atoms with Crippen molar-refractivity contribution >= 4 is 46.4 Å². The molecule has 0 aliphatic rings. The Morgan fingerprint density at radius 1 is 0.750 bits per heavy atom. The van der Waals surface area contributed by atoms with E-state index >= 15 is 0 Å². The van der Waals surface area contributed by atoms with Crippen LogP contribution in [0, 0.1) is 0 Å². The van der Waals surface area contributed by atoms with E-state index in [9.17, 15) is 13.2 Å². The summed E-state index contributed by atoms with van der Waals surface area (Å²) in [7, 11) is 0. The van der Waals surface area contributed by atoms with Gasteiger partial charge in [-0.3, -0.25) is 0 Å². The maximum atomic E-state index is 12.6. The molecule has 2 rings (SSSR count). The van der Waals surface area contributed by atoms with E-state index in [-0.39, 0.29) is 15.1 Å². The first-order valence-corrected chi connectivity index (χ1v) is 6.73. The second-order valence-electron chi connectivity index (χ2n) is 3.94. The first-order valence-electron chi connectivity index (χ1n) is 5.22. The van der Waals surface area contributed by atoms with E-state index in [4.69, 9.17) is 46.4 Å². The molecule has 0 heterocycles. The monoisotopic (exact) mass is 358 g/mol. The summed E-state index contributed by atoms with van der Waals surface area (Å²) in [4.78, 5) is 0. The molecule has 106 valence electrons. The Balaban J connectivity index is 2.60. The van der Waals surface area contributed by atoms with Crippen molar-refractivity contribution in [3.8, 4) is 11.1 Å². The highest BCUT2D eigenvalue weighted by atomic mass is 35.5. The predicted octanol–water partition coefficient (Wildman–Crippen LogP) is 6.99. The number of benzene rings is 2. The molecule has 2 aromatic carbocycles. The Bertz CT molecular complexity index is 665. The van der Waals surface area contributed by atoms with Crippen molar-refractivity contribution in [3.05, 3.63) is 56.0 Å². The average molecular weight is 360 g/mol. The van der Waals surface area contributed by atoms with Gasteiger partial charge in [-0.05, 0) is 24.3 Å². The van der Waals surface area contributed by atoms with Gasteiger partial charge in [0.25, 0.3) is 0 Å². The fraction of sp³-hybridized carbons (Fsp3) is 0.0769. The maximum Gasteiger partial charge on any atom is 0.416 e. The van der Waals surface area contributed by atoms with Crippen LogP contribution < -0.4 is 0 Å². The van der Waals surface area contributed by atoms with E-state index in [2.05, 4.69) is 0 Å². The SMILES string of the molecule is FC(F)(F)c1ccc(-c2cc(Cl)cc(Cl)c2Cl)c(Cl)c1. The van der Waals surface area contributed by atoms with Crippen molar-refractivity contribution in [3.63, 3.8) is 0 Å². The van der Waals surface area contributed by atoms with Gasteiger partial charge in [-0.15, -0.1) is 0 Å². The first-order chi connectivity index (χ1) is 9.20. The molecule has 20 heavy (non-hydrogen) atoms. The quantitative estimate of drug-likeness (QED) is 0.481. The van der Waals surface area contributed by atoms with Gasteiger partial charge in [0, 0.05) is 21.2 Å². The van der Waals surface area contributed by atoms with Gasteiger partial charge >= 0.3 is 6.18 Å². The molecule has 0 amide bonds. The van der Waals surface area contributed by atoms with Crippen LogP contribution >= 0.6 is 46.4 Å². The molecular weight excluding hydrogens is 355 g/mol. The molecule has 0 saturated heterocycles. The third-order valence-electron chi connectivity index (χ3n) is 2.58. The van der Waals surface area contributed by atoms with Gasteiger partial charge in [0.1, 0.15) is 0 Å². The number of hydrogen-bond donors (Lipinski definition) is 0. The highest BCUT2D eigenvalue weighted by molar-refractivity contribution is 6.45. The van der Waals surface area contributed by atoms with Gasteiger partial charge in [0.05, 0.1) is 15.6 Å². The molecule has 7 heteroatoms. The summed E-state index contributed by atoms with van der Waals surface area (Å²) in [5, 5.41) is 0.605. The van der Waals surface area contributed by atoms with Crippen LogP contribution in [0.15, 0.2) is 30.3 Å². The smallest absolute Gasteiger partial charge is 0.166 e. The van der Waals surface area contributed by atoms with Crippen molar-refractivity contribution in [2.24, 2.45) is 0 Å². The third kappa shape index (κ3) is 3.17. The lowest BCUT2D eigenvalue weighted by Gasteiger charge is -2.12. The van der Waals surface area contributed by atoms with E-state index in [1.54, 1.807) is 0 Å². The van der Waals surface area contributed by atoms with Crippen molar-refractivity contribution < 1.29 is 13.2 Å². The Morgan fingerprint density at radius 2 is 1.40 bits per heavy atom. The molecule has 0 N–H and O–H groups in total.